The van der Waals surface area contributed by atoms with Crippen molar-refractivity contribution in [3.05, 3.63) is 95.1 Å². The average molecular weight is 482 g/mol. The van der Waals surface area contributed by atoms with E-state index in [4.69, 9.17) is 14.2 Å². The van der Waals surface area contributed by atoms with E-state index >= 15 is 0 Å². The Bertz CT molecular complexity index is 1310. The largest absolute Gasteiger partial charge is 0.486 e. The van der Waals surface area contributed by atoms with Crippen LogP contribution in [-0.4, -0.2) is 43.8 Å². The van der Waals surface area contributed by atoms with Crippen molar-refractivity contribution in [3.63, 3.8) is 0 Å². The summed E-state index contributed by atoms with van der Waals surface area (Å²) in [7, 11) is 1.53. The van der Waals surface area contributed by atoms with Crippen LogP contribution in [0.15, 0.2) is 72.8 Å². The van der Waals surface area contributed by atoms with Gasteiger partial charge in [-0.3, -0.25) is 9.69 Å². The molecule has 36 heavy (non-hydrogen) atoms. The van der Waals surface area contributed by atoms with Crippen LogP contribution in [0.4, 0.5) is 0 Å². The quantitative estimate of drug-likeness (QED) is 0.495. The molecule has 3 aromatic carbocycles. The molecule has 5 aliphatic rings. The molecule has 1 saturated carbocycles. The van der Waals surface area contributed by atoms with Gasteiger partial charge in [0.05, 0.1) is 7.11 Å². The summed E-state index contributed by atoms with van der Waals surface area (Å²) in [5.41, 5.74) is 4.99. The molecule has 1 saturated heterocycles. The van der Waals surface area contributed by atoms with Crippen LogP contribution >= 0.6 is 0 Å². The molecule has 5 atom stereocenters. The van der Waals surface area contributed by atoms with Gasteiger partial charge < -0.3 is 14.2 Å². The average Bonchev–Trinajstić information content (AvgIpc) is 3.33. The van der Waals surface area contributed by atoms with Gasteiger partial charge in [0, 0.05) is 24.4 Å². The molecule has 5 nitrogen and oxygen atoms in total. The highest BCUT2D eigenvalue weighted by atomic mass is 16.6. The van der Waals surface area contributed by atoms with Crippen molar-refractivity contribution in [3.8, 4) is 11.5 Å². The van der Waals surface area contributed by atoms with Crippen molar-refractivity contribution in [2.45, 2.75) is 36.8 Å². The second-order valence-electron chi connectivity index (χ2n) is 10.6. The summed E-state index contributed by atoms with van der Waals surface area (Å²) in [6.45, 7) is 2.77. The number of benzene rings is 3. The lowest BCUT2D eigenvalue weighted by atomic mass is 9.46. The molecule has 2 heterocycles. The minimum Gasteiger partial charge on any atom is -0.486 e. The van der Waals surface area contributed by atoms with Crippen molar-refractivity contribution in [1.29, 1.82) is 0 Å². The molecule has 2 bridgehead atoms. The minimum absolute atomic E-state index is 0.125. The van der Waals surface area contributed by atoms with E-state index in [-0.39, 0.29) is 23.3 Å². The summed E-state index contributed by atoms with van der Waals surface area (Å²) in [6, 6.07) is 25.6. The Morgan fingerprint density at radius 3 is 2.61 bits per heavy atom. The number of ether oxygens (including phenoxy) is 3. The van der Waals surface area contributed by atoms with E-state index in [9.17, 15) is 4.79 Å². The lowest BCUT2D eigenvalue weighted by molar-refractivity contribution is -0.148. The highest BCUT2D eigenvalue weighted by molar-refractivity contribution is 5.78. The molecular weight excluding hydrogens is 450 g/mol. The second-order valence-corrected chi connectivity index (χ2v) is 10.6. The molecule has 3 aliphatic carbocycles. The van der Waals surface area contributed by atoms with E-state index in [1.807, 2.05) is 6.07 Å². The van der Waals surface area contributed by atoms with E-state index in [1.54, 1.807) is 0 Å². The van der Waals surface area contributed by atoms with Crippen LogP contribution in [0.2, 0.25) is 0 Å². The Morgan fingerprint density at radius 1 is 1.00 bits per heavy atom. The molecule has 0 radical (unpaired) electrons. The number of esters is 1. The van der Waals surface area contributed by atoms with Crippen molar-refractivity contribution in [1.82, 2.24) is 4.90 Å². The predicted molar refractivity (Wildman–Crippen MR) is 136 cm³/mol. The first kappa shape index (κ1) is 21.9. The fourth-order valence-electron chi connectivity index (χ4n) is 7.87. The number of likely N-dealkylation sites (tertiary alicyclic amines) is 1. The number of rotatable bonds is 4. The molecule has 5 heteroatoms. The molecule has 0 amide bonds. The first-order chi connectivity index (χ1) is 17.7. The Labute approximate surface area is 212 Å². The van der Waals surface area contributed by atoms with E-state index in [0.29, 0.717) is 25.0 Å². The van der Waals surface area contributed by atoms with Crippen LogP contribution in [0.5, 0.6) is 11.5 Å². The Balaban J connectivity index is 1.41. The fourth-order valence-corrected chi connectivity index (χ4v) is 7.87. The molecule has 184 valence electrons. The molecule has 0 aromatic heterocycles. The third kappa shape index (κ3) is 3.08. The summed E-state index contributed by atoms with van der Waals surface area (Å²) in [4.78, 5) is 15.9. The van der Waals surface area contributed by atoms with Gasteiger partial charge in [-0.1, -0.05) is 60.7 Å². The number of carbonyl (C=O) groups excluding carboxylic acids is 1. The van der Waals surface area contributed by atoms with Crippen LogP contribution in [-0.2, 0) is 21.5 Å². The summed E-state index contributed by atoms with van der Waals surface area (Å²) in [6.07, 6.45) is 2.14. The number of fused-ring (bicyclic) bond motifs is 2. The fraction of sp³-hybridized carbons (Fsp3) is 0.387. The standard InChI is InChI=1S/C31H31NO4/c1-34-30(33)29-28-24(19-32(29)18-20-7-3-2-4-8-20)22-13-14-31(28,25-10-6-5-9-23(22)25)21-11-12-26-27(17-21)36-16-15-35-26/h2-12,17,22,24,28-29H,13-16,18-19H2,1H3. The van der Waals surface area contributed by atoms with Crippen molar-refractivity contribution in [2.24, 2.45) is 11.8 Å². The highest BCUT2D eigenvalue weighted by Gasteiger charge is 2.64. The maximum absolute atomic E-state index is 13.6. The Hall–Kier alpha value is -3.31. The van der Waals surface area contributed by atoms with Gasteiger partial charge in [0.25, 0.3) is 0 Å². The van der Waals surface area contributed by atoms with Crippen LogP contribution in [0.1, 0.15) is 41.0 Å². The molecule has 2 fully saturated rings. The van der Waals surface area contributed by atoms with Crippen LogP contribution in [0.3, 0.4) is 0 Å². The summed E-state index contributed by atoms with van der Waals surface area (Å²) in [5, 5.41) is 0. The van der Waals surface area contributed by atoms with Gasteiger partial charge in [0.15, 0.2) is 11.5 Å². The lowest BCUT2D eigenvalue weighted by Gasteiger charge is -2.56. The van der Waals surface area contributed by atoms with Gasteiger partial charge in [0.2, 0.25) is 0 Å². The minimum atomic E-state index is -0.301. The summed E-state index contributed by atoms with van der Waals surface area (Å²) in [5.74, 6) is 2.46. The van der Waals surface area contributed by atoms with Crippen LogP contribution < -0.4 is 9.47 Å². The van der Waals surface area contributed by atoms with E-state index in [0.717, 1.165) is 37.4 Å². The SMILES string of the molecule is COC(=O)C1C2C(CN1Cc1ccccc1)C1CCC2(c2ccc3c(c2)OCCO3)c2ccccc21. The monoisotopic (exact) mass is 481 g/mol. The predicted octanol–water partition coefficient (Wildman–Crippen LogP) is 4.92. The maximum Gasteiger partial charge on any atom is 0.323 e. The molecule has 8 rings (SSSR count). The van der Waals surface area contributed by atoms with Gasteiger partial charge in [-0.15, -0.1) is 0 Å². The lowest BCUT2D eigenvalue weighted by Crippen LogP contribution is -2.55. The van der Waals surface area contributed by atoms with Crippen molar-refractivity contribution < 1.29 is 19.0 Å². The zero-order valence-corrected chi connectivity index (χ0v) is 20.6. The highest BCUT2D eigenvalue weighted by Crippen LogP contribution is 2.65. The third-order valence-electron chi connectivity index (χ3n) is 9.15. The van der Waals surface area contributed by atoms with Crippen LogP contribution in [0.25, 0.3) is 0 Å². The van der Waals surface area contributed by atoms with E-state index in [1.165, 1.54) is 29.4 Å². The Kier molecular flexibility index (Phi) is 5.10. The third-order valence-corrected chi connectivity index (χ3v) is 9.15. The topological polar surface area (TPSA) is 48.0 Å². The van der Waals surface area contributed by atoms with Gasteiger partial charge >= 0.3 is 5.97 Å². The van der Waals surface area contributed by atoms with Crippen LogP contribution in [0, 0.1) is 11.8 Å². The number of hydrogen-bond acceptors (Lipinski definition) is 5. The first-order valence-electron chi connectivity index (χ1n) is 13.1. The van der Waals surface area contributed by atoms with Gasteiger partial charge in [-0.2, -0.15) is 0 Å². The first-order valence-corrected chi connectivity index (χ1v) is 13.1. The van der Waals surface area contributed by atoms with Crippen molar-refractivity contribution in [2.75, 3.05) is 26.9 Å². The molecular formula is C31H31NO4. The summed E-state index contributed by atoms with van der Waals surface area (Å²) < 4.78 is 17.4. The number of carbonyl (C=O) groups is 1. The van der Waals surface area contributed by atoms with Gasteiger partial charge in [-0.05, 0) is 59.1 Å². The molecule has 2 aliphatic heterocycles. The maximum atomic E-state index is 13.6. The van der Waals surface area contributed by atoms with E-state index in [2.05, 4.69) is 71.6 Å². The normalized spacial score (nSPS) is 29.9. The molecule has 0 N–H and O–H groups in total. The Morgan fingerprint density at radius 2 is 1.78 bits per heavy atom. The second kappa shape index (κ2) is 8.38. The molecule has 3 aromatic rings. The molecule has 5 unspecified atom stereocenters. The summed E-state index contributed by atoms with van der Waals surface area (Å²) >= 11 is 0. The van der Waals surface area contributed by atoms with E-state index < -0.39 is 0 Å². The van der Waals surface area contributed by atoms with Gasteiger partial charge in [-0.25, -0.2) is 0 Å². The zero-order chi connectivity index (χ0) is 24.3. The van der Waals surface area contributed by atoms with Gasteiger partial charge in [0.1, 0.15) is 19.3 Å². The number of nitrogens with zero attached hydrogens (tertiary/aromatic N) is 1. The number of methoxy groups -OCH3 is 1. The van der Waals surface area contributed by atoms with Crippen molar-refractivity contribution >= 4 is 5.97 Å². The number of hydrogen-bond donors (Lipinski definition) is 0. The zero-order valence-electron chi connectivity index (χ0n) is 20.6. The smallest absolute Gasteiger partial charge is 0.323 e. The molecule has 0 spiro atoms.